The van der Waals surface area contributed by atoms with Gasteiger partial charge in [-0.2, -0.15) is 0 Å². The van der Waals surface area contributed by atoms with Gasteiger partial charge in [0.2, 0.25) is 0 Å². The summed E-state index contributed by atoms with van der Waals surface area (Å²) in [6, 6.07) is 5.12. The number of nitrogens with zero attached hydrogens (tertiary/aromatic N) is 2. The fourth-order valence-electron chi connectivity index (χ4n) is 1.27. The molecule has 0 radical (unpaired) electrons. The fraction of sp³-hybridized carbons (Fsp3) is 0.0909. The number of hydrogen-bond acceptors (Lipinski definition) is 3. The quantitative estimate of drug-likeness (QED) is 0.897. The van der Waals surface area contributed by atoms with Crippen molar-refractivity contribution in [2.24, 2.45) is 0 Å². The number of aliphatic hydroxyl groups is 1. The second kappa shape index (κ2) is 4.78. The average Bonchev–Trinajstić information content (AvgIpc) is 2.28. The van der Waals surface area contributed by atoms with Crippen molar-refractivity contribution in [1.29, 1.82) is 0 Å². The highest BCUT2D eigenvalue weighted by Crippen LogP contribution is 2.24. The highest BCUT2D eigenvalue weighted by atomic mass is 35.5. The Bertz CT molecular complexity index is 480. The summed E-state index contributed by atoms with van der Waals surface area (Å²) in [6.07, 6.45) is 3.13. The molecule has 0 saturated carbocycles. The topological polar surface area (TPSA) is 46.0 Å². The van der Waals surface area contributed by atoms with Gasteiger partial charge in [-0.05, 0) is 18.2 Å². The largest absolute Gasteiger partial charge is 0.392 e. The van der Waals surface area contributed by atoms with Gasteiger partial charge in [-0.3, -0.25) is 0 Å². The van der Waals surface area contributed by atoms with E-state index in [-0.39, 0.29) is 6.61 Å². The third-order valence-corrected chi connectivity index (χ3v) is 2.45. The molecule has 1 N–H and O–H groups in total. The van der Waals surface area contributed by atoms with Crippen LogP contribution in [0.25, 0.3) is 11.4 Å². The Kier molecular flexibility index (Phi) is 3.39. The molecule has 0 atom stereocenters. The number of rotatable bonds is 2. The minimum Gasteiger partial charge on any atom is -0.392 e. The number of hydrogen-bond donors (Lipinski definition) is 1. The molecule has 82 valence electrons. The summed E-state index contributed by atoms with van der Waals surface area (Å²) in [7, 11) is 0. The summed E-state index contributed by atoms with van der Waals surface area (Å²) in [4.78, 5) is 8.23. The van der Waals surface area contributed by atoms with E-state index in [2.05, 4.69) is 9.97 Å². The van der Waals surface area contributed by atoms with E-state index < -0.39 is 0 Å². The number of benzene rings is 1. The van der Waals surface area contributed by atoms with E-state index in [0.29, 0.717) is 21.4 Å². The third kappa shape index (κ3) is 2.50. The summed E-state index contributed by atoms with van der Waals surface area (Å²) >= 11 is 11.8. The first-order valence-corrected chi connectivity index (χ1v) is 5.33. The van der Waals surface area contributed by atoms with Crippen LogP contribution in [0.4, 0.5) is 0 Å². The Labute approximate surface area is 103 Å². The van der Waals surface area contributed by atoms with Gasteiger partial charge in [0.15, 0.2) is 5.82 Å². The SMILES string of the molecule is OCc1cnc(-c2cc(Cl)cc(Cl)c2)nc1. The van der Waals surface area contributed by atoms with Crippen molar-refractivity contribution in [3.63, 3.8) is 0 Å². The second-order valence-electron chi connectivity index (χ2n) is 3.23. The van der Waals surface area contributed by atoms with E-state index in [0.717, 1.165) is 5.56 Å². The summed E-state index contributed by atoms with van der Waals surface area (Å²) < 4.78 is 0. The predicted molar refractivity (Wildman–Crippen MR) is 63.4 cm³/mol. The van der Waals surface area contributed by atoms with Crippen LogP contribution in [-0.4, -0.2) is 15.1 Å². The number of aliphatic hydroxyl groups excluding tert-OH is 1. The molecule has 3 nitrogen and oxygen atoms in total. The molecule has 0 aliphatic heterocycles. The Morgan fingerprint density at radius 2 is 1.56 bits per heavy atom. The van der Waals surface area contributed by atoms with E-state index in [1.165, 1.54) is 0 Å². The lowest BCUT2D eigenvalue weighted by molar-refractivity contribution is 0.281. The normalized spacial score (nSPS) is 10.4. The van der Waals surface area contributed by atoms with Gasteiger partial charge in [0, 0.05) is 33.6 Å². The lowest BCUT2D eigenvalue weighted by Crippen LogP contribution is -1.92. The highest BCUT2D eigenvalue weighted by Gasteiger charge is 2.04. The molecule has 0 unspecified atom stereocenters. The zero-order valence-corrected chi connectivity index (χ0v) is 9.70. The van der Waals surface area contributed by atoms with Crippen LogP contribution in [-0.2, 0) is 6.61 Å². The Morgan fingerprint density at radius 3 is 2.06 bits per heavy atom. The first kappa shape index (κ1) is 11.3. The van der Waals surface area contributed by atoms with Crippen LogP contribution >= 0.6 is 23.2 Å². The van der Waals surface area contributed by atoms with Crippen molar-refractivity contribution in [3.8, 4) is 11.4 Å². The van der Waals surface area contributed by atoms with Crippen LogP contribution in [0.3, 0.4) is 0 Å². The minimum atomic E-state index is -0.0728. The third-order valence-electron chi connectivity index (χ3n) is 2.01. The molecular formula is C11H8Cl2N2O. The van der Waals surface area contributed by atoms with Crippen molar-refractivity contribution in [2.75, 3.05) is 0 Å². The summed E-state index contributed by atoms with van der Waals surface area (Å²) in [5.74, 6) is 0.529. The molecule has 0 aliphatic rings. The molecule has 16 heavy (non-hydrogen) atoms. The second-order valence-corrected chi connectivity index (χ2v) is 4.10. The van der Waals surface area contributed by atoms with Crippen molar-refractivity contribution in [2.45, 2.75) is 6.61 Å². The molecule has 1 heterocycles. The van der Waals surface area contributed by atoms with Gasteiger partial charge in [-0.25, -0.2) is 9.97 Å². The summed E-state index contributed by atoms with van der Waals surface area (Å²) in [6.45, 7) is -0.0728. The molecule has 1 aromatic heterocycles. The van der Waals surface area contributed by atoms with E-state index >= 15 is 0 Å². The number of halogens is 2. The van der Waals surface area contributed by atoms with Gasteiger partial charge >= 0.3 is 0 Å². The maximum absolute atomic E-state index is 8.87. The van der Waals surface area contributed by atoms with Gasteiger partial charge < -0.3 is 5.11 Å². The lowest BCUT2D eigenvalue weighted by Gasteiger charge is -2.02. The monoisotopic (exact) mass is 254 g/mol. The lowest BCUT2D eigenvalue weighted by atomic mass is 10.2. The molecule has 5 heteroatoms. The Morgan fingerprint density at radius 1 is 1.00 bits per heavy atom. The van der Waals surface area contributed by atoms with E-state index in [4.69, 9.17) is 28.3 Å². The van der Waals surface area contributed by atoms with Crippen molar-refractivity contribution in [3.05, 3.63) is 46.2 Å². The molecule has 0 saturated heterocycles. The molecule has 0 bridgehead atoms. The van der Waals surface area contributed by atoms with Crippen LogP contribution in [0.15, 0.2) is 30.6 Å². The van der Waals surface area contributed by atoms with Gasteiger partial charge in [0.25, 0.3) is 0 Å². The van der Waals surface area contributed by atoms with Gasteiger partial charge in [-0.15, -0.1) is 0 Å². The van der Waals surface area contributed by atoms with E-state index in [9.17, 15) is 0 Å². The predicted octanol–water partition coefficient (Wildman–Crippen LogP) is 2.94. The van der Waals surface area contributed by atoms with Crippen molar-refractivity contribution >= 4 is 23.2 Å². The van der Waals surface area contributed by atoms with Gasteiger partial charge in [0.05, 0.1) is 6.61 Å². The first-order chi connectivity index (χ1) is 7.69. The van der Waals surface area contributed by atoms with E-state index in [1.54, 1.807) is 30.6 Å². The molecule has 0 fully saturated rings. The van der Waals surface area contributed by atoms with Crippen LogP contribution in [0, 0.1) is 0 Å². The molecule has 0 amide bonds. The highest BCUT2D eigenvalue weighted by molar-refractivity contribution is 6.35. The molecule has 2 aromatic rings. The standard InChI is InChI=1S/C11H8Cl2N2O/c12-9-1-8(2-10(13)3-9)11-14-4-7(6-16)5-15-11/h1-5,16H,6H2. The molecule has 2 rings (SSSR count). The van der Waals surface area contributed by atoms with E-state index in [1.807, 2.05) is 0 Å². The minimum absolute atomic E-state index is 0.0728. The van der Waals surface area contributed by atoms with Crippen LogP contribution in [0.2, 0.25) is 10.0 Å². The zero-order chi connectivity index (χ0) is 11.5. The molecular weight excluding hydrogens is 247 g/mol. The maximum Gasteiger partial charge on any atom is 0.159 e. The van der Waals surface area contributed by atoms with Crippen LogP contribution in [0.1, 0.15) is 5.56 Å². The van der Waals surface area contributed by atoms with Crippen LogP contribution < -0.4 is 0 Å². The fourth-order valence-corrected chi connectivity index (χ4v) is 1.79. The smallest absolute Gasteiger partial charge is 0.159 e. The van der Waals surface area contributed by atoms with Crippen molar-refractivity contribution in [1.82, 2.24) is 9.97 Å². The van der Waals surface area contributed by atoms with Crippen molar-refractivity contribution < 1.29 is 5.11 Å². The zero-order valence-electron chi connectivity index (χ0n) is 8.19. The Balaban J connectivity index is 2.42. The number of aromatic nitrogens is 2. The van der Waals surface area contributed by atoms with Gasteiger partial charge in [-0.1, -0.05) is 23.2 Å². The molecule has 0 spiro atoms. The van der Waals surface area contributed by atoms with Crippen LogP contribution in [0.5, 0.6) is 0 Å². The summed E-state index contributed by atoms with van der Waals surface area (Å²) in [5.41, 5.74) is 1.42. The Hall–Kier alpha value is -1.16. The molecule has 1 aromatic carbocycles. The molecule has 0 aliphatic carbocycles. The first-order valence-electron chi connectivity index (χ1n) is 4.57. The maximum atomic E-state index is 8.87. The van der Waals surface area contributed by atoms with Gasteiger partial charge in [0.1, 0.15) is 0 Å². The average molecular weight is 255 g/mol. The summed E-state index contributed by atoms with van der Waals surface area (Å²) in [5, 5.41) is 9.94.